The summed E-state index contributed by atoms with van der Waals surface area (Å²) in [5.41, 5.74) is 7.37. The van der Waals surface area contributed by atoms with E-state index >= 15 is 0 Å². The predicted molar refractivity (Wildman–Crippen MR) is 91.1 cm³/mol. The average Bonchev–Trinajstić information content (AvgIpc) is 2.95. The van der Waals surface area contributed by atoms with E-state index in [1.165, 1.54) is 44.1 Å². The summed E-state index contributed by atoms with van der Waals surface area (Å²) in [6.07, 6.45) is 9.51. The molecule has 2 fully saturated rings. The Hall–Kier alpha value is -1.78. The van der Waals surface area contributed by atoms with Gasteiger partial charge in [-0.2, -0.15) is 0 Å². The first kappa shape index (κ1) is 15.1. The van der Waals surface area contributed by atoms with Crippen LogP contribution in [0.4, 0.5) is 5.82 Å². The third kappa shape index (κ3) is 3.90. The molecule has 1 aromatic rings. The number of aliphatic imine (C=N–C) groups is 1. The van der Waals surface area contributed by atoms with Gasteiger partial charge in [0, 0.05) is 32.4 Å². The summed E-state index contributed by atoms with van der Waals surface area (Å²) < 4.78 is 0. The van der Waals surface area contributed by atoms with Crippen LogP contribution in [0.3, 0.4) is 0 Å². The number of pyridine rings is 1. The van der Waals surface area contributed by atoms with Gasteiger partial charge in [0.15, 0.2) is 5.96 Å². The van der Waals surface area contributed by atoms with Crippen LogP contribution in [0, 0.1) is 0 Å². The van der Waals surface area contributed by atoms with E-state index in [9.17, 15) is 0 Å². The van der Waals surface area contributed by atoms with E-state index in [0.29, 0.717) is 12.5 Å². The zero-order valence-electron chi connectivity index (χ0n) is 13.4. The number of rotatable bonds is 3. The summed E-state index contributed by atoms with van der Waals surface area (Å²) >= 11 is 0. The molecule has 5 nitrogen and oxygen atoms in total. The number of likely N-dealkylation sites (tertiary alicyclic amines) is 1. The lowest BCUT2D eigenvalue weighted by molar-refractivity contribution is 0.428. The molecule has 2 N–H and O–H groups in total. The molecule has 2 saturated heterocycles. The number of anilines is 1. The van der Waals surface area contributed by atoms with E-state index in [4.69, 9.17) is 5.73 Å². The van der Waals surface area contributed by atoms with E-state index in [2.05, 4.69) is 25.8 Å². The highest BCUT2D eigenvalue weighted by molar-refractivity contribution is 5.78. The Labute approximate surface area is 133 Å². The van der Waals surface area contributed by atoms with Gasteiger partial charge in [0.25, 0.3) is 0 Å². The van der Waals surface area contributed by atoms with Crippen LogP contribution < -0.4 is 10.6 Å². The minimum atomic E-state index is 0.645. The van der Waals surface area contributed by atoms with Crippen molar-refractivity contribution in [3.63, 3.8) is 0 Å². The molecule has 0 bridgehead atoms. The number of hydrogen-bond acceptors (Lipinski definition) is 3. The number of nitrogens with two attached hydrogens (primary N) is 1. The Morgan fingerprint density at radius 2 is 1.73 bits per heavy atom. The summed E-state index contributed by atoms with van der Waals surface area (Å²) in [4.78, 5) is 13.7. The van der Waals surface area contributed by atoms with Gasteiger partial charge >= 0.3 is 0 Å². The van der Waals surface area contributed by atoms with Crippen molar-refractivity contribution < 1.29 is 0 Å². The summed E-state index contributed by atoms with van der Waals surface area (Å²) in [6.45, 7) is 4.98. The van der Waals surface area contributed by atoms with Crippen LogP contribution in [0.15, 0.2) is 23.3 Å². The van der Waals surface area contributed by atoms with Crippen molar-refractivity contribution in [3.05, 3.63) is 23.9 Å². The summed E-state index contributed by atoms with van der Waals surface area (Å²) in [6, 6.07) is 4.20. The largest absolute Gasteiger partial charge is 0.370 e. The van der Waals surface area contributed by atoms with Gasteiger partial charge in [0.05, 0.1) is 6.54 Å². The van der Waals surface area contributed by atoms with Gasteiger partial charge in [-0.1, -0.05) is 12.8 Å². The molecule has 1 aromatic heterocycles. The Morgan fingerprint density at radius 3 is 2.45 bits per heavy atom. The maximum absolute atomic E-state index is 6.18. The molecule has 0 atom stereocenters. The van der Waals surface area contributed by atoms with Gasteiger partial charge in [0.2, 0.25) is 0 Å². The average molecular weight is 301 g/mol. The molecule has 0 unspecified atom stereocenters. The van der Waals surface area contributed by atoms with Crippen LogP contribution in [0.25, 0.3) is 0 Å². The number of hydrogen-bond donors (Lipinski definition) is 1. The first-order valence-electron chi connectivity index (χ1n) is 8.58. The van der Waals surface area contributed by atoms with Crippen LogP contribution in [0.1, 0.15) is 44.1 Å². The van der Waals surface area contributed by atoms with Crippen molar-refractivity contribution in [2.75, 3.05) is 31.1 Å². The molecule has 3 heterocycles. The highest BCUT2D eigenvalue weighted by Crippen LogP contribution is 2.19. The van der Waals surface area contributed by atoms with Crippen LogP contribution >= 0.6 is 0 Å². The van der Waals surface area contributed by atoms with E-state index in [-0.39, 0.29) is 0 Å². The van der Waals surface area contributed by atoms with E-state index in [0.717, 1.165) is 32.0 Å². The van der Waals surface area contributed by atoms with Gasteiger partial charge in [-0.3, -0.25) is 0 Å². The molecular formula is C17H27N5. The third-order valence-corrected chi connectivity index (χ3v) is 4.59. The lowest BCUT2D eigenvalue weighted by Crippen LogP contribution is -2.38. The molecule has 0 radical (unpaired) electrons. The van der Waals surface area contributed by atoms with Crippen LogP contribution in [0.2, 0.25) is 0 Å². The van der Waals surface area contributed by atoms with E-state index < -0.39 is 0 Å². The number of guanidine groups is 1. The van der Waals surface area contributed by atoms with Crippen molar-refractivity contribution in [2.24, 2.45) is 10.7 Å². The van der Waals surface area contributed by atoms with Crippen LogP contribution in [0.5, 0.6) is 0 Å². The highest BCUT2D eigenvalue weighted by Gasteiger charge is 2.14. The Bertz CT molecular complexity index is 500. The smallest absolute Gasteiger partial charge is 0.191 e. The zero-order chi connectivity index (χ0) is 15.2. The van der Waals surface area contributed by atoms with E-state index in [1.54, 1.807) is 0 Å². The molecule has 120 valence electrons. The lowest BCUT2D eigenvalue weighted by atomic mass is 10.2. The van der Waals surface area contributed by atoms with E-state index in [1.807, 2.05) is 12.3 Å². The molecule has 0 aromatic carbocycles. The highest BCUT2D eigenvalue weighted by atomic mass is 15.2. The second-order valence-corrected chi connectivity index (χ2v) is 6.29. The van der Waals surface area contributed by atoms with Gasteiger partial charge in [-0.05, 0) is 43.4 Å². The molecular weight excluding hydrogens is 274 g/mol. The Morgan fingerprint density at radius 1 is 1.05 bits per heavy atom. The normalized spacial score (nSPS) is 20.3. The maximum Gasteiger partial charge on any atom is 0.191 e. The number of aromatic nitrogens is 1. The molecule has 0 amide bonds. The number of nitrogens with zero attached hydrogens (tertiary/aromatic N) is 4. The van der Waals surface area contributed by atoms with Crippen LogP contribution in [-0.4, -0.2) is 42.0 Å². The van der Waals surface area contributed by atoms with Crippen LogP contribution in [-0.2, 0) is 6.54 Å². The fourth-order valence-electron chi connectivity index (χ4n) is 3.25. The molecule has 22 heavy (non-hydrogen) atoms. The van der Waals surface area contributed by atoms with Crippen molar-refractivity contribution in [1.82, 2.24) is 9.88 Å². The standard InChI is InChI=1S/C17H27N5/c18-17(22-11-3-1-2-4-12-22)20-14-15-7-8-19-16(13-15)21-9-5-6-10-21/h7-8,13H,1-6,9-12,14H2,(H2,18,20). The lowest BCUT2D eigenvalue weighted by Gasteiger charge is -2.21. The molecule has 0 aliphatic carbocycles. The first-order chi connectivity index (χ1) is 10.8. The fourth-order valence-corrected chi connectivity index (χ4v) is 3.25. The Balaban J connectivity index is 1.62. The van der Waals surface area contributed by atoms with Crippen molar-refractivity contribution in [2.45, 2.75) is 45.1 Å². The SMILES string of the molecule is NC(=NCc1ccnc(N2CCCC2)c1)N1CCCCCC1. The monoisotopic (exact) mass is 301 g/mol. The van der Waals surface area contributed by atoms with Gasteiger partial charge in [0.1, 0.15) is 5.82 Å². The molecule has 2 aliphatic rings. The molecule has 0 saturated carbocycles. The third-order valence-electron chi connectivity index (χ3n) is 4.59. The minimum absolute atomic E-state index is 0.645. The topological polar surface area (TPSA) is 57.8 Å². The zero-order valence-corrected chi connectivity index (χ0v) is 13.4. The summed E-state index contributed by atoms with van der Waals surface area (Å²) in [7, 11) is 0. The minimum Gasteiger partial charge on any atom is -0.370 e. The van der Waals surface area contributed by atoms with Crippen molar-refractivity contribution >= 4 is 11.8 Å². The summed E-state index contributed by atoms with van der Waals surface area (Å²) in [5, 5.41) is 0. The quantitative estimate of drug-likeness (QED) is 0.688. The maximum atomic E-state index is 6.18. The molecule has 2 aliphatic heterocycles. The second kappa shape index (κ2) is 7.47. The van der Waals surface area contributed by atoms with Gasteiger partial charge < -0.3 is 15.5 Å². The van der Waals surface area contributed by atoms with Crippen molar-refractivity contribution in [1.29, 1.82) is 0 Å². The van der Waals surface area contributed by atoms with Gasteiger partial charge in [-0.15, -0.1) is 0 Å². The fraction of sp³-hybridized carbons (Fsp3) is 0.647. The summed E-state index contributed by atoms with van der Waals surface area (Å²) in [5.74, 6) is 1.78. The second-order valence-electron chi connectivity index (χ2n) is 6.29. The molecule has 5 heteroatoms. The molecule has 3 rings (SSSR count). The Kier molecular flexibility index (Phi) is 5.14. The molecule has 0 spiro atoms. The first-order valence-corrected chi connectivity index (χ1v) is 8.58. The van der Waals surface area contributed by atoms with Gasteiger partial charge in [-0.25, -0.2) is 9.98 Å². The van der Waals surface area contributed by atoms with Crippen molar-refractivity contribution in [3.8, 4) is 0 Å². The predicted octanol–water partition coefficient (Wildman–Crippen LogP) is 2.37.